The number of hydrogen-bond donors (Lipinski definition) is 0. The highest BCUT2D eigenvalue weighted by molar-refractivity contribution is 6.20. The first-order valence-electron chi connectivity index (χ1n) is 51.8. The molecule has 3 aromatic heterocycles. The fraction of sp³-hybridized carbons (Fsp3) is 0.302. The predicted octanol–water partition coefficient (Wildman–Crippen LogP) is 38.9. The van der Waals surface area contributed by atoms with Crippen LogP contribution in [0, 0.1) is 0 Å². The Bertz CT molecular complexity index is 6870. The molecule has 0 radical (unpaired) electrons. The van der Waals surface area contributed by atoms with Crippen molar-refractivity contribution in [3.05, 3.63) is 373 Å². The van der Waals surface area contributed by atoms with Gasteiger partial charge in [-0.05, 0) is 248 Å². The van der Waals surface area contributed by atoms with Crippen LogP contribution in [0.2, 0.25) is 0 Å². The van der Waals surface area contributed by atoms with Crippen LogP contribution in [0.25, 0.3) is 149 Å². The summed E-state index contributed by atoms with van der Waals surface area (Å²) in [4.78, 5) is 0. The van der Waals surface area contributed by atoms with E-state index in [1.165, 1.54) is 249 Å². The molecule has 0 saturated carbocycles. The quantitative estimate of drug-likeness (QED) is 0.144. The van der Waals surface area contributed by atoms with Crippen molar-refractivity contribution in [3.8, 4) is 83.8 Å². The van der Waals surface area contributed by atoms with Crippen molar-refractivity contribution in [1.29, 1.82) is 0 Å². The first kappa shape index (κ1) is 102. The highest BCUT2D eigenvalue weighted by Gasteiger charge is 2.36. The van der Waals surface area contributed by atoms with Gasteiger partial charge in [0.05, 0.1) is 50.2 Å². The molecule has 0 N–H and O–H groups in total. The third kappa shape index (κ3) is 17.3. The Morgan fingerprint density at radius 2 is 0.417 bits per heavy atom. The Morgan fingerprint density at radius 1 is 0.152 bits per heavy atom. The summed E-state index contributed by atoms with van der Waals surface area (Å²) < 4.78 is 7.72. The van der Waals surface area contributed by atoms with E-state index in [2.05, 4.69) is 287 Å². The lowest BCUT2D eigenvalue weighted by Gasteiger charge is -2.23. The van der Waals surface area contributed by atoms with Crippen LogP contribution in [-0.4, -0.2) is 13.7 Å². The van der Waals surface area contributed by atoms with Crippen LogP contribution < -0.4 is 0 Å². The van der Waals surface area contributed by atoms with E-state index in [0.29, 0.717) is 0 Å². The van der Waals surface area contributed by atoms with Crippen LogP contribution in [0.15, 0.2) is 273 Å². The summed E-state index contributed by atoms with van der Waals surface area (Å²) in [5.41, 5.74) is 56.0. The van der Waals surface area contributed by atoms with E-state index >= 15 is 0 Å². The summed E-state index contributed by atoms with van der Waals surface area (Å²) >= 11 is 0. The molecule has 9 aliphatic rings. The lowest BCUT2D eigenvalue weighted by atomic mass is 9.91. The molecule has 0 unspecified atom stereocenters. The summed E-state index contributed by atoms with van der Waals surface area (Å²) in [7, 11) is 0. The van der Waals surface area contributed by atoms with Crippen LogP contribution in [0.4, 0.5) is 0 Å². The summed E-state index contributed by atoms with van der Waals surface area (Å²) in [5, 5.41) is 8.46. The highest BCUT2D eigenvalue weighted by Crippen LogP contribution is 2.54. The zero-order valence-corrected chi connectivity index (χ0v) is 86.2. The molecule has 3 heteroatoms. The third-order valence-corrected chi connectivity index (χ3v) is 25.5. The maximum absolute atomic E-state index is 2.57. The van der Waals surface area contributed by atoms with Gasteiger partial charge in [0.15, 0.2) is 0 Å². The van der Waals surface area contributed by atoms with Crippen molar-refractivity contribution in [2.24, 2.45) is 0 Å². The van der Waals surface area contributed by atoms with E-state index in [0.717, 1.165) is 57.8 Å². The van der Waals surface area contributed by atoms with Gasteiger partial charge in [0.25, 0.3) is 0 Å². The van der Waals surface area contributed by atoms with Crippen LogP contribution in [0.3, 0.4) is 0 Å². The van der Waals surface area contributed by atoms with Gasteiger partial charge in [0.1, 0.15) is 0 Å². The topological polar surface area (TPSA) is 14.8 Å². The van der Waals surface area contributed by atoms with E-state index in [4.69, 9.17) is 0 Å². The van der Waals surface area contributed by atoms with Crippen LogP contribution in [0.5, 0.6) is 0 Å². The number of fused-ring (bicyclic) bond motifs is 38. The molecule has 6 aliphatic carbocycles. The van der Waals surface area contributed by atoms with Gasteiger partial charge < -0.3 is 13.7 Å². The molecule has 0 atom stereocenters. The lowest BCUT2D eigenvalue weighted by molar-refractivity contribution is 1.02. The molecule has 0 amide bonds. The van der Waals surface area contributed by atoms with Crippen molar-refractivity contribution in [2.45, 2.75) is 265 Å². The molecule has 0 spiro atoms. The van der Waals surface area contributed by atoms with Gasteiger partial charge in [-0.3, -0.25) is 0 Å². The van der Waals surface area contributed by atoms with Gasteiger partial charge >= 0.3 is 0 Å². The van der Waals surface area contributed by atoms with Crippen molar-refractivity contribution in [3.63, 3.8) is 0 Å². The number of nitrogens with zero attached hydrogens (tertiary/aromatic N) is 3. The standard InChI is InChI=1S/3C33H21N.15C2H6/c1-4-10-24-19(6-1)14-22-17-29-26-11-5-8-21-16-30-28-15-20-7-2-3-9-23(20)25(28)12-13-31(30)34(33(21)26)32(29)18-27(22)24;1-3-9-23-20(7-1)17-27-25(23)13-15-29-28(27)18-22-8-5-11-26-32-30(34(29)33(22)26)14-12-21-16-19-6-2-4-10-24(19)31(21)32;1-3-9-22-19(6-1)16-27-24(22)12-14-30-28(27)18-21-8-5-11-26-32-29-17-20-7-2-4-10-23(20)25(29)13-15-31(32)34(30)33(21)26;15*1-2/h1-13,17-18H,14-16H2;2*1-15H,16-18H2;15*1-2H3. The van der Waals surface area contributed by atoms with Crippen molar-refractivity contribution >= 4 is 65.4 Å². The first-order chi connectivity index (χ1) is 65.6. The molecule has 0 bridgehead atoms. The monoisotopic (exact) mass is 1740 g/mol. The maximum Gasteiger partial charge on any atom is 0.0576 e. The molecule has 684 valence electrons. The van der Waals surface area contributed by atoms with Gasteiger partial charge in [-0.25, -0.2) is 0 Å². The lowest BCUT2D eigenvalue weighted by Crippen LogP contribution is -2.10. The van der Waals surface area contributed by atoms with E-state index in [1.54, 1.807) is 0 Å². The molecule has 132 heavy (non-hydrogen) atoms. The number of hydrogen-bond acceptors (Lipinski definition) is 0. The molecule has 15 aromatic carbocycles. The zero-order valence-electron chi connectivity index (χ0n) is 86.2. The van der Waals surface area contributed by atoms with Crippen molar-refractivity contribution in [2.75, 3.05) is 0 Å². The minimum atomic E-state index is 1.01. The zero-order chi connectivity index (χ0) is 95.9. The minimum Gasteiger partial charge on any atom is -0.309 e. The predicted molar refractivity (Wildman–Crippen MR) is 590 cm³/mol. The van der Waals surface area contributed by atoms with Gasteiger partial charge in [-0.1, -0.05) is 438 Å². The first-order valence-corrected chi connectivity index (χ1v) is 51.8. The Hall–Kier alpha value is -12.3. The van der Waals surface area contributed by atoms with Crippen molar-refractivity contribution < 1.29 is 0 Å². The van der Waals surface area contributed by atoms with Crippen LogP contribution >= 0.6 is 0 Å². The number of benzene rings is 15. The maximum atomic E-state index is 2.57. The molecule has 27 rings (SSSR count). The molecule has 18 aromatic rings. The second-order valence-corrected chi connectivity index (χ2v) is 30.3. The molecule has 3 nitrogen and oxygen atoms in total. The normalized spacial score (nSPS) is 11.6. The summed E-state index contributed by atoms with van der Waals surface area (Å²) in [5.74, 6) is 0. The molecule has 0 fully saturated rings. The van der Waals surface area contributed by atoms with Crippen molar-refractivity contribution in [1.82, 2.24) is 13.7 Å². The summed E-state index contributed by atoms with van der Waals surface area (Å²) in [6.07, 6.45) is 9.28. The molecule has 0 saturated heterocycles. The van der Waals surface area contributed by atoms with Gasteiger partial charge in [0.2, 0.25) is 0 Å². The van der Waals surface area contributed by atoms with E-state index < -0.39 is 0 Å². The average molecular weight is 1750 g/mol. The second kappa shape index (κ2) is 47.7. The smallest absolute Gasteiger partial charge is 0.0576 e. The summed E-state index contributed by atoms with van der Waals surface area (Å²) in [6.45, 7) is 60.0. The Labute approximate surface area is 796 Å². The second-order valence-electron chi connectivity index (χ2n) is 30.3. The van der Waals surface area contributed by atoms with Gasteiger partial charge in [-0.15, -0.1) is 0 Å². The molecule has 6 heterocycles. The highest BCUT2D eigenvalue weighted by atomic mass is 15.0. The van der Waals surface area contributed by atoms with Crippen LogP contribution in [-0.2, 0) is 57.8 Å². The van der Waals surface area contributed by atoms with E-state index in [9.17, 15) is 0 Å². The Balaban J connectivity index is 0.000000180. The van der Waals surface area contributed by atoms with Gasteiger partial charge in [0, 0.05) is 51.6 Å². The minimum absolute atomic E-state index is 1.01. The van der Waals surface area contributed by atoms with Crippen LogP contribution in [0.1, 0.15) is 308 Å². The largest absolute Gasteiger partial charge is 0.309 e. The molecular weight excluding hydrogens is 1590 g/mol. The molecular formula is C129H153N3. The third-order valence-electron chi connectivity index (χ3n) is 25.5. The number of rotatable bonds is 0. The number of aromatic nitrogens is 3. The Kier molecular flexibility index (Phi) is 36.8. The fourth-order valence-corrected chi connectivity index (χ4v) is 21.2. The SMILES string of the molecule is CC.CC.CC.CC.CC.CC.CC.CC.CC.CC.CC.CC.CC.CC.CC.c1ccc2c(c1)Cc1c-2ccc2c1Cc1cccc3c4c5c(ccc4n-2c13)-c1ccccc1C5.c1ccc2c(c1)Cc1c-2ccc2c1Cc1cccc3c4c5c(ccc4n-2c13)Cc1ccccc1-5.c1ccc2c(c1)Cc1cc3c4cccc5c4n(c3cc1-2)-c1ccc2c(c1C5)Cc1ccccc1-2. The summed E-state index contributed by atoms with van der Waals surface area (Å²) in [6, 6.07) is 103. The Morgan fingerprint density at radius 3 is 0.811 bits per heavy atom. The molecule has 3 aliphatic heterocycles. The number of para-hydroxylation sites is 3. The van der Waals surface area contributed by atoms with Gasteiger partial charge in [-0.2, -0.15) is 0 Å². The van der Waals surface area contributed by atoms with E-state index in [-0.39, 0.29) is 0 Å². The fourth-order valence-electron chi connectivity index (χ4n) is 21.2. The average Bonchev–Trinajstić information content (AvgIpc) is 1.55. The van der Waals surface area contributed by atoms with E-state index in [1.807, 2.05) is 208 Å².